The molecule has 128 valence electrons. The van der Waals surface area contributed by atoms with Crippen LogP contribution in [0.3, 0.4) is 0 Å². The highest BCUT2D eigenvalue weighted by atomic mass is 35.5. The number of piperazine rings is 1. The molecule has 2 aliphatic rings. The number of nitrogens with zero attached hydrogens (tertiary/aromatic N) is 1. The number of carbonyl (C=O) groups excluding carboxylic acids is 1. The summed E-state index contributed by atoms with van der Waals surface area (Å²) in [5.74, 6) is 0.820. The van der Waals surface area contributed by atoms with Crippen LogP contribution in [0.1, 0.15) is 30.1 Å². The van der Waals surface area contributed by atoms with Gasteiger partial charge in [-0.15, -0.1) is 12.4 Å². The lowest BCUT2D eigenvalue weighted by molar-refractivity contribution is 0.0649. The molecule has 1 aromatic carbocycles. The maximum Gasteiger partial charge on any atom is 0.254 e. The first kappa shape index (κ1) is 18.0. The monoisotopic (exact) mass is 340 g/mol. The van der Waals surface area contributed by atoms with Crippen LogP contribution in [-0.4, -0.2) is 55.8 Å². The van der Waals surface area contributed by atoms with E-state index >= 15 is 0 Å². The fourth-order valence-corrected chi connectivity index (χ4v) is 2.99. The molecule has 2 atom stereocenters. The zero-order valence-corrected chi connectivity index (χ0v) is 14.3. The van der Waals surface area contributed by atoms with Gasteiger partial charge < -0.3 is 19.7 Å². The molecule has 0 radical (unpaired) electrons. The topological polar surface area (TPSA) is 50.8 Å². The lowest BCUT2D eigenvalue weighted by Gasteiger charge is -2.34. The minimum absolute atomic E-state index is 0. The lowest BCUT2D eigenvalue weighted by atomic mass is 10.1. The lowest BCUT2D eigenvalue weighted by Crippen LogP contribution is -2.52. The summed E-state index contributed by atoms with van der Waals surface area (Å²) in [6, 6.07) is 7.69. The van der Waals surface area contributed by atoms with Gasteiger partial charge in [0.2, 0.25) is 0 Å². The molecule has 0 spiro atoms. The Balaban J connectivity index is 0.00000192. The van der Waals surface area contributed by atoms with E-state index in [1.807, 2.05) is 29.2 Å². The first-order chi connectivity index (χ1) is 10.7. The molecule has 2 fully saturated rings. The molecule has 23 heavy (non-hydrogen) atoms. The van der Waals surface area contributed by atoms with Crippen molar-refractivity contribution < 1.29 is 14.3 Å². The summed E-state index contributed by atoms with van der Waals surface area (Å²) in [7, 11) is 0. The standard InChI is InChI=1S/C17H24N2O3.ClH/c1-13-11-18-7-8-19(13)17(20)14-4-2-5-15(10-14)22-12-16-6-3-9-21-16;/h2,4-5,10,13,16,18H,3,6-9,11-12H2,1H3;1H/t13-,16?;/m0./s1. The van der Waals surface area contributed by atoms with E-state index in [1.54, 1.807) is 0 Å². The minimum Gasteiger partial charge on any atom is -0.491 e. The number of nitrogens with one attached hydrogen (secondary N) is 1. The molecule has 3 rings (SSSR count). The number of carbonyl (C=O) groups is 1. The summed E-state index contributed by atoms with van der Waals surface area (Å²) >= 11 is 0. The van der Waals surface area contributed by atoms with E-state index in [9.17, 15) is 4.79 Å². The largest absolute Gasteiger partial charge is 0.491 e. The molecular formula is C17H25ClN2O3. The molecule has 2 heterocycles. The molecule has 0 saturated carbocycles. The summed E-state index contributed by atoms with van der Waals surface area (Å²) in [5.41, 5.74) is 0.693. The van der Waals surface area contributed by atoms with Crippen LogP contribution in [-0.2, 0) is 4.74 Å². The quantitative estimate of drug-likeness (QED) is 0.912. The van der Waals surface area contributed by atoms with Crippen LogP contribution in [0.25, 0.3) is 0 Å². The number of hydrogen-bond acceptors (Lipinski definition) is 4. The fourth-order valence-electron chi connectivity index (χ4n) is 2.99. The van der Waals surface area contributed by atoms with Crippen LogP contribution < -0.4 is 10.1 Å². The molecule has 1 unspecified atom stereocenters. The number of amides is 1. The molecule has 2 saturated heterocycles. The normalized spacial score (nSPS) is 24.1. The maximum absolute atomic E-state index is 12.6. The van der Waals surface area contributed by atoms with Gasteiger partial charge in [0.05, 0.1) is 6.10 Å². The van der Waals surface area contributed by atoms with Gasteiger partial charge in [0.1, 0.15) is 12.4 Å². The molecule has 6 heteroatoms. The number of rotatable bonds is 4. The van der Waals surface area contributed by atoms with Gasteiger partial charge in [-0.3, -0.25) is 4.79 Å². The summed E-state index contributed by atoms with van der Waals surface area (Å²) in [4.78, 5) is 14.6. The van der Waals surface area contributed by atoms with Crippen LogP contribution in [0.5, 0.6) is 5.75 Å². The Morgan fingerprint density at radius 1 is 1.48 bits per heavy atom. The molecule has 0 bridgehead atoms. The predicted octanol–water partition coefficient (Wildman–Crippen LogP) is 2.10. The highest BCUT2D eigenvalue weighted by Crippen LogP contribution is 2.19. The summed E-state index contributed by atoms with van der Waals surface area (Å²) in [6.07, 6.45) is 2.34. The molecule has 0 aromatic heterocycles. The van der Waals surface area contributed by atoms with Crippen molar-refractivity contribution >= 4 is 18.3 Å². The zero-order chi connectivity index (χ0) is 15.4. The molecule has 0 aliphatic carbocycles. The van der Waals surface area contributed by atoms with Crippen LogP contribution in [0, 0.1) is 0 Å². The Morgan fingerprint density at radius 2 is 2.35 bits per heavy atom. The maximum atomic E-state index is 12.6. The minimum atomic E-state index is 0. The Bertz CT molecular complexity index is 520. The van der Waals surface area contributed by atoms with Crippen molar-refractivity contribution in [3.05, 3.63) is 29.8 Å². The van der Waals surface area contributed by atoms with E-state index in [2.05, 4.69) is 12.2 Å². The molecule has 2 aliphatic heterocycles. The van der Waals surface area contributed by atoms with E-state index in [-0.39, 0.29) is 30.5 Å². The summed E-state index contributed by atoms with van der Waals surface area (Å²) in [5, 5.41) is 3.30. The molecule has 1 aromatic rings. The predicted molar refractivity (Wildman–Crippen MR) is 91.5 cm³/mol. The van der Waals surface area contributed by atoms with Crippen LogP contribution in [0.15, 0.2) is 24.3 Å². The number of benzene rings is 1. The second kappa shape index (κ2) is 8.52. The zero-order valence-electron chi connectivity index (χ0n) is 13.5. The van der Waals surface area contributed by atoms with Gasteiger partial charge >= 0.3 is 0 Å². The Kier molecular flexibility index (Phi) is 6.69. The Morgan fingerprint density at radius 3 is 3.09 bits per heavy atom. The van der Waals surface area contributed by atoms with Gasteiger partial charge in [-0.2, -0.15) is 0 Å². The van der Waals surface area contributed by atoms with Gasteiger partial charge in [-0.1, -0.05) is 6.07 Å². The van der Waals surface area contributed by atoms with E-state index in [0.717, 1.165) is 44.8 Å². The van der Waals surface area contributed by atoms with Crippen LogP contribution >= 0.6 is 12.4 Å². The van der Waals surface area contributed by atoms with Crippen LogP contribution in [0.2, 0.25) is 0 Å². The molecular weight excluding hydrogens is 316 g/mol. The molecule has 1 N–H and O–H groups in total. The first-order valence-corrected chi connectivity index (χ1v) is 8.10. The SMILES string of the molecule is C[C@H]1CNCCN1C(=O)c1cccc(OCC2CCCO2)c1.Cl. The van der Waals surface area contributed by atoms with E-state index in [4.69, 9.17) is 9.47 Å². The van der Waals surface area contributed by atoms with Gasteiger partial charge in [0.15, 0.2) is 0 Å². The summed E-state index contributed by atoms with van der Waals surface area (Å²) in [6.45, 7) is 5.91. The Labute approximate surface area is 143 Å². The van der Waals surface area contributed by atoms with Gasteiger partial charge in [0.25, 0.3) is 5.91 Å². The van der Waals surface area contributed by atoms with Crippen molar-refractivity contribution in [3.8, 4) is 5.75 Å². The number of hydrogen-bond donors (Lipinski definition) is 1. The number of halogens is 1. The van der Waals surface area contributed by atoms with E-state index < -0.39 is 0 Å². The Hall–Kier alpha value is -1.30. The van der Waals surface area contributed by atoms with Crippen molar-refractivity contribution in [1.82, 2.24) is 10.2 Å². The second-order valence-corrected chi connectivity index (χ2v) is 6.03. The van der Waals surface area contributed by atoms with Crippen molar-refractivity contribution in [2.75, 3.05) is 32.8 Å². The average Bonchev–Trinajstić information content (AvgIpc) is 3.06. The van der Waals surface area contributed by atoms with Gasteiger partial charge in [-0.25, -0.2) is 0 Å². The van der Waals surface area contributed by atoms with Crippen molar-refractivity contribution in [2.45, 2.75) is 31.9 Å². The third-order valence-electron chi connectivity index (χ3n) is 4.30. The molecule has 5 nitrogen and oxygen atoms in total. The third-order valence-corrected chi connectivity index (χ3v) is 4.30. The second-order valence-electron chi connectivity index (χ2n) is 6.03. The van der Waals surface area contributed by atoms with Gasteiger partial charge in [0, 0.05) is 37.8 Å². The van der Waals surface area contributed by atoms with Crippen molar-refractivity contribution in [2.24, 2.45) is 0 Å². The fraction of sp³-hybridized carbons (Fsp3) is 0.588. The average molecular weight is 341 g/mol. The van der Waals surface area contributed by atoms with Crippen molar-refractivity contribution in [3.63, 3.8) is 0 Å². The van der Waals surface area contributed by atoms with Crippen LogP contribution in [0.4, 0.5) is 0 Å². The first-order valence-electron chi connectivity index (χ1n) is 8.10. The van der Waals surface area contributed by atoms with Gasteiger partial charge in [-0.05, 0) is 38.0 Å². The van der Waals surface area contributed by atoms with E-state index in [0.29, 0.717) is 12.2 Å². The highest BCUT2D eigenvalue weighted by Gasteiger charge is 2.24. The highest BCUT2D eigenvalue weighted by molar-refractivity contribution is 5.94. The summed E-state index contributed by atoms with van der Waals surface area (Å²) < 4.78 is 11.3. The third kappa shape index (κ3) is 4.59. The smallest absolute Gasteiger partial charge is 0.254 e. The van der Waals surface area contributed by atoms with E-state index in [1.165, 1.54) is 0 Å². The molecule has 1 amide bonds. The number of ether oxygens (including phenoxy) is 2. The van der Waals surface area contributed by atoms with Crippen molar-refractivity contribution in [1.29, 1.82) is 0 Å².